The Morgan fingerprint density at radius 1 is 1.42 bits per heavy atom. The summed E-state index contributed by atoms with van der Waals surface area (Å²) in [6, 6.07) is 5.79. The maximum absolute atomic E-state index is 6.26. The molecule has 0 unspecified atom stereocenters. The van der Waals surface area contributed by atoms with Crippen LogP contribution >= 0.6 is 11.6 Å². The van der Waals surface area contributed by atoms with Crippen LogP contribution in [-0.4, -0.2) is 46.4 Å². The Morgan fingerprint density at radius 3 is 2.79 bits per heavy atom. The fourth-order valence-electron chi connectivity index (χ4n) is 3.04. The molecule has 5 nitrogen and oxygen atoms in total. The van der Waals surface area contributed by atoms with E-state index in [1.54, 1.807) is 20.2 Å². The fourth-order valence-corrected chi connectivity index (χ4v) is 3.21. The predicted molar refractivity (Wildman–Crippen MR) is 99.3 cm³/mol. The number of nitrogens with zero attached hydrogens (tertiary/aromatic N) is 1. The third kappa shape index (κ3) is 4.42. The molecule has 0 bridgehead atoms. The minimum atomic E-state index is -0.111. The number of benzene rings is 1. The van der Waals surface area contributed by atoms with E-state index in [1.807, 2.05) is 18.2 Å². The highest BCUT2D eigenvalue weighted by atomic mass is 35.5. The first kappa shape index (κ1) is 18.6. The molecule has 0 saturated carbocycles. The van der Waals surface area contributed by atoms with Gasteiger partial charge >= 0.3 is 0 Å². The van der Waals surface area contributed by atoms with Crippen LogP contribution in [0.25, 0.3) is 0 Å². The van der Waals surface area contributed by atoms with Crippen molar-refractivity contribution in [1.82, 2.24) is 10.6 Å². The number of ether oxygens (including phenoxy) is 2. The van der Waals surface area contributed by atoms with E-state index in [2.05, 4.69) is 22.2 Å². The second-order valence-electron chi connectivity index (χ2n) is 5.83. The zero-order valence-corrected chi connectivity index (χ0v) is 15.2. The summed E-state index contributed by atoms with van der Waals surface area (Å²) in [5.74, 6) is 1.61. The summed E-state index contributed by atoms with van der Waals surface area (Å²) in [6.45, 7) is 6.54. The molecule has 0 amide bonds. The number of hydrogen-bond acceptors (Lipinski definition) is 3. The quantitative estimate of drug-likeness (QED) is 0.470. The summed E-state index contributed by atoms with van der Waals surface area (Å²) >= 11 is 6.26. The van der Waals surface area contributed by atoms with Gasteiger partial charge in [-0.2, -0.15) is 0 Å². The summed E-state index contributed by atoms with van der Waals surface area (Å²) in [4.78, 5) is 4.25. The average molecular weight is 352 g/mol. The van der Waals surface area contributed by atoms with Gasteiger partial charge in [0.1, 0.15) is 5.75 Å². The van der Waals surface area contributed by atoms with Crippen molar-refractivity contribution in [2.24, 2.45) is 4.99 Å². The van der Waals surface area contributed by atoms with Crippen LogP contribution in [0.15, 0.2) is 35.8 Å². The summed E-state index contributed by atoms with van der Waals surface area (Å²) in [5, 5.41) is 7.33. The van der Waals surface area contributed by atoms with Gasteiger partial charge in [0.15, 0.2) is 5.96 Å². The van der Waals surface area contributed by atoms with Crippen molar-refractivity contribution in [3.05, 3.63) is 41.4 Å². The van der Waals surface area contributed by atoms with E-state index in [9.17, 15) is 0 Å². The van der Waals surface area contributed by atoms with Crippen LogP contribution in [-0.2, 0) is 10.2 Å². The fraction of sp³-hybridized carbons (Fsp3) is 0.500. The Kier molecular flexibility index (Phi) is 6.94. The van der Waals surface area contributed by atoms with Crippen LogP contribution < -0.4 is 15.4 Å². The molecule has 2 N–H and O–H groups in total. The van der Waals surface area contributed by atoms with Crippen molar-refractivity contribution < 1.29 is 9.47 Å². The van der Waals surface area contributed by atoms with Gasteiger partial charge in [-0.15, -0.1) is 6.58 Å². The zero-order valence-electron chi connectivity index (χ0n) is 14.4. The number of aliphatic imine (C=N–C) groups is 1. The molecule has 1 aromatic carbocycles. The molecule has 0 spiro atoms. The Morgan fingerprint density at radius 2 is 2.17 bits per heavy atom. The molecule has 0 aliphatic carbocycles. The molecule has 0 radical (unpaired) electrons. The molecule has 2 rings (SSSR count). The minimum absolute atomic E-state index is 0.111. The Bertz CT molecular complexity index is 584. The smallest absolute Gasteiger partial charge is 0.191 e. The van der Waals surface area contributed by atoms with Gasteiger partial charge in [-0.25, -0.2) is 0 Å². The van der Waals surface area contributed by atoms with E-state index in [1.165, 1.54) is 0 Å². The Hall–Kier alpha value is -1.72. The van der Waals surface area contributed by atoms with Gasteiger partial charge in [-0.05, 0) is 31.0 Å². The Labute approximate surface area is 149 Å². The van der Waals surface area contributed by atoms with Crippen LogP contribution in [0, 0.1) is 0 Å². The van der Waals surface area contributed by atoms with Crippen LogP contribution in [0.1, 0.15) is 18.4 Å². The van der Waals surface area contributed by atoms with Gasteiger partial charge in [0.2, 0.25) is 0 Å². The molecule has 1 heterocycles. The van der Waals surface area contributed by atoms with Crippen molar-refractivity contribution in [1.29, 1.82) is 0 Å². The number of guanidine groups is 1. The second kappa shape index (κ2) is 8.94. The highest BCUT2D eigenvalue weighted by Gasteiger charge is 2.37. The number of hydrogen-bond donors (Lipinski definition) is 2. The van der Waals surface area contributed by atoms with Crippen LogP contribution in [0.3, 0.4) is 0 Å². The van der Waals surface area contributed by atoms with Crippen molar-refractivity contribution in [3.8, 4) is 5.75 Å². The van der Waals surface area contributed by atoms with E-state index in [4.69, 9.17) is 21.1 Å². The van der Waals surface area contributed by atoms with Gasteiger partial charge < -0.3 is 20.1 Å². The molecule has 6 heteroatoms. The SMILES string of the molecule is C=CCNC(=NC)NCC1(c2cc(Cl)ccc2OC)CCOCC1. The first-order chi connectivity index (χ1) is 11.6. The van der Waals surface area contributed by atoms with Crippen molar-refractivity contribution >= 4 is 17.6 Å². The molecule has 132 valence electrons. The maximum atomic E-state index is 6.26. The van der Waals surface area contributed by atoms with Gasteiger partial charge in [-0.1, -0.05) is 17.7 Å². The lowest BCUT2D eigenvalue weighted by molar-refractivity contribution is 0.0505. The first-order valence-electron chi connectivity index (χ1n) is 8.12. The van der Waals surface area contributed by atoms with E-state index < -0.39 is 0 Å². The molecule has 1 aromatic rings. The summed E-state index contributed by atoms with van der Waals surface area (Å²) in [6.07, 6.45) is 3.60. The molecular formula is C18H26ClN3O2. The third-order valence-electron chi connectivity index (χ3n) is 4.41. The van der Waals surface area contributed by atoms with Crippen LogP contribution in [0.2, 0.25) is 5.02 Å². The Balaban J connectivity index is 2.27. The number of methoxy groups -OCH3 is 1. The normalized spacial score (nSPS) is 17.2. The lowest BCUT2D eigenvalue weighted by Crippen LogP contribution is -2.48. The number of rotatable bonds is 6. The van der Waals surface area contributed by atoms with Crippen LogP contribution in [0.4, 0.5) is 0 Å². The van der Waals surface area contributed by atoms with E-state index in [-0.39, 0.29) is 5.41 Å². The topological polar surface area (TPSA) is 54.9 Å². The van der Waals surface area contributed by atoms with Gasteiger partial charge in [0, 0.05) is 49.4 Å². The molecule has 1 fully saturated rings. The second-order valence-corrected chi connectivity index (χ2v) is 6.27. The molecule has 1 aliphatic rings. The lowest BCUT2D eigenvalue weighted by Gasteiger charge is -2.39. The highest BCUT2D eigenvalue weighted by Crippen LogP contribution is 2.40. The van der Waals surface area contributed by atoms with Crippen molar-refractivity contribution in [2.45, 2.75) is 18.3 Å². The number of nitrogens with one attached hydrogen (secondary N) is 2. The molecule has 24 heavy (non-hydrogen) atoms. The number of halogens is 1. The minimum Gasteiger partial charge on any atom is -0.496 e. The molecule has 0 aromatic heterocycles. The van der Waals surface area contributed by atoms with E-state index in [0.717, 1.165) is 49.9 Å². The third-order valence-corrected chi connectivity index (χ3v) is 4.65. The highest BCUT2D eigenvalue weighted by molar-refractivity contribution is 6.30. The molecular weight excluding hydrogens is 326 g/mol. The lowest BCUT2D eigenvalue weighted by atomic mass is 9.73. The molecule has 1 saturated heterocycles. The summed E-state index contributed by atoms with van der Waals surface area (Å²) in [7, 11) is 3.45. The standard InChI is InChI=1S/C18H26ClN3O2/c1-4-9-21-17(20-2)22-13-18(7-10-24-11-8-18)15-12-14(19)5-6-16(15)23-3/h4-6,12H,1,7-11,13H2,2-3H3,(H2,20,21,22). The molecule has 1 aliphatic heterocycles. The zero-order chi connectivity index (χ0) is 17.4. The first-order valence-corrected chi connectivity index (χ1v) is 8.50. The largest absolute Gasteiger partial charge is 0.496 e. The van der Waals surface area contributed by atoms with Crippen molar-refractivity contribution in [3.63, 3.8) is 0 Å². The predicted octanol–water partition coefficient (Wildman–Crippen LogP) is 2.75. The van der Waals surface area contributed by atoms with Gasteiger partial charge in [0.05, 0.1) is 7.11 Å². The summed E-state index contributed by atoms with van der Waals surface area (Å²) < 4.78 is 11.2. The van der Waals surface area contributed by atoms with Gasteiger partial charge in [0.25, 0.3) is 0 Å². The van der Waals surface area contributed by atoms with Crippen LogP contribution in [0.5, 0.6) is 5.75 Å². The van der Waals surface area contributed by atoms with Crippen molar-refractivity contribution in [2.75, 3.05) is 40.5 Å². The summed E-state index contributed by atoms with van der Waals surface area (Å²) in [5.41, 5.74) is 1.01. The average Bonchev–Trinajstić information content (AvgIpc) is 2.62. The van der Waals surface area contributed by atoms with E-state index in [0.29, 0.717) is 11.6 Å². The maximum Gasteiger partial charge on any atom is 0.191 e. The van der Waals surface area contributed by atoms with E-state index >= 15 is 0 Å². The van der Waals surface area contributed by atoms with Gasteiger partial charge in [-0.3, -0.25) is 4.99 Å². The monoisotopic (exact) mass is 351 g/mol. The molecule has 0 atom stereocenters.